The average Bonchev–Trinajstić information content (AvgIpc) is 2.96. The molecule has 1 amide bonds. The molecule has 1 aromatic carbocycles. The number of anilines is 1. The first-order valence-corrected chi connectivity index (χ1v) is 10.3. The van der Waals surface area contributed by atoms with Gasteiger partial charge in [0, 0.05) is 5.56 Å². The second kappa shape index (κ2) is 9.05. The molecule has 2 N–H and O–H groups in total. The summed E-state index contributed by atoms with van der Waals surface area (Å²) in [6, 6.07) is 9.36. The van der Waals surface area contributed by atoms with Gasteiger partial charge < -0.3 is 19.7 Å². The Labute approximate surface area is 173 Å². The molecule has 3 rings (SSSR count). The highest BCUT2D eigenvalue weighted by Crippen LogP contribution is 2.43. The Morgan fingerprint density at radius 1 is 1.25 bits per heavy atom. The topological polar surface area (TPSA) is 69.1 Å². The van der Waals surface area contributed by atoms with E-state index in [2.05, 4.69) is 5.32 Å². The van der Waals surface area contributed by atoms with E-state index < -0.39 is 5.97 Å². The molecule has 150 valence electrons. The first-order chi connectivity index (χ1) is 13.4. The normalized spacial score (nSPS) is 21.9. The maximum absolute atomic E-state index is 12.7. The Morgan fingerprint density at radius 2 is 1.89 bits per heavy atom. The molecule has 0 saturated carbocycles. The van der Waals surface area contributed by atoms with Gasteiger partial charge in [0.05, 0.1) is 7.11 Å². The van der Waals surface area contributed by atoms with Gasteiger partial charge in [-0.15, -0.1) is 11.3 Å². The van der Waals surface area contributed by atoms with Crippen molar-refractivity contribution >= 4 is 39.8 Å². The van der Waals surface area contributed by atoms with Crippen LogP contribution in [0.25, 0.3) is 11.1 Å². The summed E-state index contributed by atoms with van der Waals surface area (Å²) in [6.45, 7) is 5.85. The van der Waals surface area contributed by atoms with Crippen molar-refractivity contribution in [3.05, 3.63) is 40.2 Å². The molecular weight excluding hydrogens is 400 g/mol. The lowest BCUT2D eigenvalue weighted by molar-refractivity contribution is -0.907. The van der Waals surface area contributed by atoms with E-state index in [4.69, 9.17) is 21.1 Å². The minimum absolute atomic E-state index is 0.109. The molecule has 0 bridgehead atoms. The van der Waals surface area contributed by atoms with Crippen molar-refractivity contribution in [2.75, 3.05) is 32.1 Å². The van der Waals surface area contributed by atoms with Crippen LogP contribution < -0.4 is 10.2 Å². The number of quaternary nitrogens is 1. The van der Waals surface area contributed by atoms with E-state index in [-0.39, 0.29) is 23.7 Å². The summed E-state index contributed by atoms with van der Waals surface area (Å²) >= 11 is 7.61. The Kier molecular flexibility index (Phi) is 6.72. The number of esters is 1. The minimum Gasteiger partial charge on any atom is -0.465 e. The van der Waals surface area contributed by atoms with Gasteiger partial charge in [0.25, 0.3) is 5.91 Å². The number of carbonyl (C=O) groups excluding carboxylic acids is 2. The lowest BCUT2D eigenvalue weighted by atomic mass is 10.0. The summed E-state index contributed by atoms with van der Waals surface area (Å²) in [5.74, 6) is -0.697. The fraction of sp³-hybridized carbons (Fsp3) is 0.400. The second-order valence-corrected chi connectivity index (χ2v) is 8.58. The number of halogens is 1. The van der Waals surface area contributed by atoms with Crippen LogP contribution in [0.15, 0.2) is 30.3 Å². The Hall–Kier alpha value is -1.93. The Bertz CT molecular complexity index is 845. The van der Waals surface area contributed by atoms with Crippen molar-refractivity contribution in [2.24, 2.45) is 0 Å². The maximum Gasteiger partial charge on any atom is 0.341 e. The number of ether oxygens (including phenoxy) is 2. The zero-order valence-corrected chi connectivity index (χ0v) is 17.7. The molecule has 2 heterocycles. The highest BCUT2D eigenvalue weighted by atomic mass is 35.5. The van der Waals surface area contributed by atoms with Crippen LogP contribution in [-0.2, 0) is 14.3 Å². The van der Waals surface area contributed by atoms with Crippen molar-refractivity contribution in [1.82, 2.24) is 0 Å². The van der Waals surface area contributed by atoms with Crippen molar-refractivity contribution in [2.45, 2.75) is 26.1 Å². The van der Waals surface area contributed by atoms with Crippen LogP contribution in [0.3, 0.4) is 0 Å². The number of benzene rings is 1. The summed E-state index contributed by atoms with van der Waals surface area (Å²) in [5, 5.41) is 3.28. The van der Waals surface area contributed by atoms with Gasteiger partial charge in [0.2, 0.25) is 0 Å². The van der Waals surface area contributed by atoms with Gasteiger partial charge in [0.1, 0.15) is 40.2 Å². The van der Waals surface area contributed by atoms with Crippen LogP contribution in [-0.4, -0.2) is 50.8 Å². The van der Waals surface area contributed by atoms with Gasteiger partial charge in [-0.2, -0.15) is 0 Å². The maximum atomic E-state index is 12.7. The van der Waals surface area contributed by atoms with Crippen molar-refractivity contribution in [1.29, 1.82) is 0 Å². The van der Waals surface area contributed by atoms with Gasteiger partial charge in [-0.3, -0.25) is 4.79 Å². The smallest absolute Gasteiger partial charge is 0.341 e. The van der Waals surface area contributed by atoms with Gasteiger partial charge in [0.15, 0.2) is 6.54 Å². The number of thiophene rings is 1. The second-order valence-electron chi connectivity index (χ2n) is 6.95. The zero-order chi connectivity index (χ0) is 20.3. The molecule has 1 saturated heterocycles. The summed E-state index contributed by atoms with van der Waals surface area (Å²) < 4.78 is 11.1. The average molecular weight is 424 g/mol. The molecule has 0 radical (unpaired) electrons. The highest BCUT2D eigenvalue weighted by molar-refractivity contribution is 7.21. The van der Waals surface area contributed by atoms with Crippen LogP contribution in [0.5, 0.6) is 0 Å². The van der Waals surface area contributed by atoms with Crippen LogP contribution >= 0.6 is 22.9 Å². The number of morpholine rings is 1. The molecule has 1 aliphatic heterocycles. The third-order valence-electron chi connectivity index (χ3n) is 4.60. The van der Waals surface area contributed by atoms with E-state index in [0.29, 0.717) is 21.4 Å². The molecule has 8 heteroatoms. The van der Waals surface area contributed by atoms with E-state index in [0.717, 1.165) is 23.6 Å². The number of nitrogens with one attached hydrogen (secondary N) is 2. The van der Waals surface area contributed by atoms with E-state index >= 15 is 0 Å². The fourth-order valence-corrected chi connectivity index (χ4v) is 4.97. The molecule has 2 aromatic rings. The van der Waals surface area contributed by atoms with Gasteiger partial charge in [-0.25, -0.2) is 4.79 Å². The highest BCUT2D eigenvalue weighted by Gasteiger charge is 2.29. The van der Waals surface area contributed by atoms with Gasteiger partial charge in [-0.1, -0.05) is 41.9 Å². The molecule has 3 atom stereocenters. The standard InChI is InChI=1S/C20H23ClN2O4S/c1-12-9-23(10-13(2)27-12)11-15(24)22-19-17(20(25)26-3)16(18(21)28-19)14-7-5-4-6-8-14/h4-8,12-13H,9-11H2,1-3H3,(H,22,24)/p+1/t12-,13+. The summed E-state index contributed by atoms with van der Waals surface area (Å²) in [5.41, 5.74) is 1.66. The number of carbonyl (C=O) groups is 2. The lowest BCUT2D eigenvalue weighted by Gasteiger charge is -2.31. The largest absolute Gasteiger partial charge is 0.465 e. The molecule has 6 nitrogen and oxygen atoms in total. The zero-order valence-electron chi connectivity index (χ0n) is 16.1. The van der Waals surface area contributed by atoms with Crippen LogP contribution in [0, 0.1) is 0 Å². The van der Waals surface area contributed by atoms with E-state index in [9.17, 15) is 9.59 Å². The monoisotopic (exact) mass is 423 g/mol. The molecule has 0 aliphatic carbocycles. The van der Waals surface area contributed by atoms with Crippen LogP contribution in [0.4, 0.5) is 5.00 Å². The predicted octanol–water partition coefficient (Wildman–Crippen LogP) is 2.49. The SMILES string of the molecule is COC(=O)c1c(NC(=O)C[NH+]2C[C@@H](C)O[C@@H](C)C2)sc(Cl)c1-c1ccccc1. The third-order valence-corrected chi connectivity index (χ3v) is 5.91. The molecule has 1 fully saturated rings. The predicted molar refractivity (Wildman–Crippen MR) is 110 cm³/mol. The molecule has 1 unspecified atom stereocenters. The quantitative estimate of drug-likeness (QED) is 0.725. The molecule has 28 heavy (non-hydrogen) atoms. The minimum atomic E-state index is -0.529. The van der Waals surface area contributed by atoms with Gasteiger partial charge >= 0.3 is 5.97 Å². The van der Waals surface area contributed by atoms with Crippen molar-refractivity contribution in [3.8, 4) is 11.1 Å². The number of amides is 1. The van der Waals surface area contributed by atoms with E-state index in [1.165, 1.54) is 18.4 Å². The van der Waals surface area contributed by atoms with Crippen LogP contribution in [0.2, 0.25) is 4.34 Å². The molecule has 1 aliphatic rings. The summed E-state index contributed by atoms with van der Waals surface area (Å²) in [6.07, 6.45) is 0.219. The number of rotatable bonds is 5. The lowest BCUT2D eigenvalue weighted by Crippen LogP contribution is -3.16. The molecular formula is C20H24ClN2O4S+. The fourth-order valence-electron chi connectivity index (χ4n) is 3.58. The summed E-state index contributed by atoms with van der Waals surface area (Å²) in [7, 11) is 1.31. The number of hydrogen-bond acceptors (Lipinski definition) is 5. The van der Waals surface area contributed by atoms with Gasteiger partial charge in [-0.05, 0) is 19.4 Å². The van der Waals surface area contributed by atoms with E-state index in [1.807, 2.05) is 44.2 Å². The summed E-state index contributed by atoms with van der Waals surface area (Å²) in [4.78, 5) is 26.3. The van der Waals surface area contributed by atoms with Crippen LogP contribution in [0.1, 0.15) is 24.2 Å². The number of methoxy groups -OCH3 is 1. The van der Waals surface area contributed by atoms with Crippen molar-refractivity contribution in [3.63, 3.8) is 0 Å². The van der Waals surface area contributed by atoms with E-state index in [1.54, 1.807) is 0 Å². The first-order valence-electron chi connectivity index (χ1n) is 9.14. The molecule has 0 spiro atoms. The Balaban J connectivity index is 1.83. The number of hydrogen-bond donors (Lipinski definition) is 2. The molecule has 1 aromatic heterocycles. The first kappa shape index (κ1) is 20.8. The Morgan fingerprint density at radius 3 is 2.50 bits per heavy atom. The van der Waals surface area contributed by atoms with Crippen molar-refractivity contribution < 1.29 is 24.0 Å². The third kappa shape index (κ3) is 4.72.